The molecule has 0 fully saturated rings. The Morgan fingerprint density at radius 3 is 2.25 bits per heavy atom. The van der Waals surface area contributed by atoms with Gasteiger partial charge in [-0.05, 0) is 31.0 Å². The van der Waals surface area contributed by atoms with E-state index in [0.717, 1.165) is 11.3 Å². The molecule has 0 saturated carbocycles. The Morgan fingerprint density at radius 1 is 1.38 bits per heavy atom. The van der Waals surface area contributed by atoms with Crippen molar-refractivity contribution in [3.05, 3.63) is 29.8 Å². The largest absolute Gasteiger partial charge is 0.497 e. The number of rotatable bonds is 4. The summed E-state index contributed by atoms with van der Waals surface area (Å²) in [5.41, 5.74) is 10.9. The molecule has 1 atom stereocenters. The Hall–Kier alpha value is -1.07. The summed E-state index contributed by atoms with van der Waals surface area (Å²) in [6.45, 7) is 1.62. The summed E-state index contributed by atoms with van der Waals surface area (Å²) in [6, 6.07) is 7.39. The number of halogens is 1. The van der Waals surface area contributed by atoms with E-state index < -0.39 is 11.4 Å². The number of carbonyl (C=O) groups is 1. The Balaban J connectivity index is 0.00000225. The molecule has 0 aromatic heterocycles. The maximum atomic E-state index is 11.0. The number of methoxy groups -OCH3 is 1. The molecule has 0 bridgehead atoms. The highest BCUT2D eigenvalue weighted by molar-refractivity contribution is 8.93. The molecule has 0 aliphatic heterocycles. The van der Waals surface area contributed by atoms with Crippen molar-refractivity contribution in [3.8, 4) is 5.75 Å². The lowest BCUT2D eigenvalue weighted by molar-refractivity contribution is -0.122. The number of primary amides is 1. The van der Waals surface area contributed by atoms with E-state index in [1.165, 1.54) is 0 Å². The zero-order valence-corrected chi connectivity index (χ0v) is 11.1. The van der Waals surface area contributed by atoms with Crippen LogP contribution < -0.4 is 16.2 Å². The molecule has 0 radical (unpaired) electrons. The van der Waals surface area contributed by atoms with E-state index in [0.29, 0.717) is 6.42 Å². The predicted octanol–water partition coefficient (Wildman–Crippen LogP) is 1.02. The molecule has 4 nitrogen and oxygen atoms in total. The van der Waals surface area contributed by atoms with Gasteiger partial charge in [0.2, 0.25) is 5.91 Å². The van der Waals surface area contributed by atoms with Crippen molar-refractivity contribution >= 4 is 22.9 Å². The lowest BCUT2D eigenvalue weighted by Crippen LogP contribution is -2.51. The highest BCUT2D eigenvalue weighted by atomic mass is 79.9. The molecule has 16 heavy (non-hydrogen) atoms. The fourth-order valence-corrected chi connectivity index (χ4v) is 1.25. The zero-order chi connectivity index (χ0) is 11.5. The monoisotopic (exact) mass is 288 g/mol. The third-order valence-electron chi connectivity index (χ3n) is 2.29. The van der Waals surface area contributed by atoms with Crippen LogP contribution in [0.15, 0.2) is 24.3 Å². The van der Waals surface area contributed by atoms with Crippen molar-refractivity contribution < 1.29 is 9.53 Å². The van der Waals surface area contributed by atoms with Gasteiger partial charge in [-0.3, -0.25) is 4.79 Å². The Labute approximate surface area is 106 Å². The molecule has 0 aliphatic carbocycles. The summed E-state index contributed by atoms with van der Waals surface area (Å²) in [7, 11) is 1.60. The number of nitrogens with two attached hydrogens (primary N) is 2. The number of carbonyl (C=O) groups excluding carboxylic acids is 1. The van der Waals surface area contributed by atoms with E-state index in [1.807, 2.05) is 24.3 Å². The van der Waals surface area contributed by atoms with Crippen molar-refractivity contribution in [3.63, 3.8) is 0 Å². The summed E-state index contributed by atoms with van der Waals surface area (Å²) in [4.78, 5) is 11.0. The molecular weight excluding hydrogens is 272 g/mol. The van der Waals surface area contributed by atoms with Gasteiger partial charge in [-0.25, -0.2) is 0 Å². The fraction of sp³-hybridized carbons (Fsp3) is 0.364. The first-order chi connectivity index (χ1) is 6.95. The summed E-state index contributed by atoms with van der Waals surface area (Å²) in [5, 5.41) is 0. The van der Waals surface area contributed by atoms with Gasteiger partial charge in [0.1, 0.15) is 5.75 Å². The molecule has 1 aromatic rings. The van der Waals surface area contributed by atoms with Gasteiger partial charge in [-0.15, -0.1) is 17.0 Å². The van der Waals surface area contributed by atoms with Crippen LogP contribution in [0.2, 0.25) is 0 Å². The first kappa shape index (κ1) is 14.9. The molecular formula is C11H17BrN2O2. The lowest BCUT2D eigenvalue weighted by Gasteiger charge is -2.20. The molecule has 1 amide bonds. The lowest BCUT2D eigenvalue weighted by atomic mass is 9.93. The van der Waals surface area contributed by atoms with Crippen LogP contribution in [0.25, 0.3) is 0 Å². The van der Waals surface area contributed by atoms with E-state index in [2.05, 4.69) is 0 Å². The van der Waals surface area contributed by atoms with Crippen molar-refractivity contribution in [1.82, 2.24) is 0 Å². The minimum absolute atomic E-state index is 0. The molecule has 1 aromatic carbocycles. The third kappa shape index (κ3) is 3.83. The van der Waals surface area contributed by atoms with E-state index in [4.69, 9.17) is 16.2 Å². The molecule has 0 spiro atoms. The van der Waals surface area contributed by atoms with E-state index in [1.54, 1.807) is 14.0 Å². The minimum atomic E-state index is -1.01. The minimum Gasteiger partial charge on any atom is -0.497 e. The average molecular weight is 289 g/mol. The molecule has 1 rings (SSSR count). The molecule has 90 valence electrons. The Bertz CT molecular complexity index is 350. The van der Waals surface area contributed by atoms with Gasteiger partial charge in [0, 0.05) is 0 Å². The van der Waals surface area contributed by atoms with Gasteiger partial charge in [0.15, 0.2) is 0 Å². The van der Waals surface area contributed by atoms with Crippen LogP contribution in [0.4, 0.5) is 0 Å². The number of hydrogen-bond acceptors (Lipinski definition) is 3. The van der Waals surface area contributed by atoms with Gasteiger partial charge in [0.05, 0.1) is 12.6 Å². The van der Waals surface area contributed by atoms with Crippen LogP contribution in [0.5, 0.6) is 5.75 Å². The Kier molecular flexibility index (Phi) is 5.47. The maximum Gasteiger partial charge on any atom is 0.237 e. The summed E-state index contributed by atoms with van der Waals surface area (Å²) >= 11 is 0. The highest BCUT2D eigenvalue weighted by Gasteiger charge is 2.25. The van der Waals surface area contributed by atoms with Gasteiger partial charge in [0.25, 0.3) is 0 Å². The topological polar surface area (TPSA) is 78.3 Å². The van der Waals surface area contributed by atoms with Gasteiger partial charge < -0.3 is 16.2 Å². The van der Waals surface area contributed by atoms with E-state index in [9.17, 15) is 4.79 Å². The maximum absolute atomic E-state index is 11.0. The summed E-state index contributed by atoms with van der Waals surface area (Å²) in [5.74, 6) is 0.273. The number of benzene rings is 1. The van der Waals surface area contributed by atoms with Crippen molar-refractivity contribution in [2.75, 3.05) is 7.11 Å². The van der Waals surface area contributed by atoms with Gasteiger partial charge in [-0.2, -0.15) is 0 Å². The van der Waals surface area contributed by atoms with Crippen LogP contribution >= 0.6 is 17.0 Å². The Morgan fingerprint density at radius 2 is 1.88 bits per heavy atom. The molecule has 0 aliphatic rings. The molecule has 5 heteroatoms. The molecule has 0 unspecified atom stereocenters. The van der Waals surface area contributed by atoms with Crippen molar-refractivity contribution in [1.29, 1.82) is 0 Å². The van der Waals surface area contributed by atoms with Crippen molar-refractivity contribution in [2.24, 2.45) is 11.5 Å². The smallest absolute Gasteiger partial charge is 0.237 e. The van der Waals surface area contributed by atoms with Crippen LogP contribution in [-0.2, 0) is 11.2 Å². The number of amides is 1. The summed E-state index contributed by atoms with van der Waals surface area (Å²) in [6.07, 6.45) is 0.423. The standard InChI is InChI=1S/C11H16N2O2.BrH/c1-11(13,10(12)14)7-8-3-5-9(15-2)6-4-8;/h3-6H,7,13H2,1-2H3,(H2,12,14);1H/t11-;/m0./s1. The van der Waals surface area contributed by atoms with Gasteiger partial charge in [-0.1, -0.05) is 12.1 Å². The first-order valence-electron chi connectivity index (χ1n) is 4.67. The quantitative estimate of drug-likeness (QED) is 0.868. The highest BCUT2D eigenvalue weighted by Crippen LogP contribution is 2.15. The van der Waals surface area contributed by atoms with Crippen molar-refractivity contribution in [2.45, 2.75) is 18.9 Å². The molecule has 0 saturated heterocycles. The second-order valence-electron chi connectivity index (χ2n) is 3.81. The van der Waals surface area contributed by atoms with E-state index >= 15 is 0 Å². The summed E-state index contributed by atoms with van der Waals surface area (Å²) < 4.78 is 5.02. The van der Waals surface area contributed by atoms with Crippen LogP contribution in [-0.4, -0.2) is 18.6 Å². The zero-order valence-electron chi connectivity index (χ0n) is 9.40. The van der Waals surface area contributed by atoms with Crippen LogP contribution in [0, 0.1) is 0 Å². The second-order valence-corrected chi connectivity index (χ2v) is 3.81. The van der Waals surface area contributed by atoms with Crippen LogP contribution in [0.1, 0.15) is 12.5 Å². The van der Waals surface area contributed by atoms with E-state index in [-0.39, 0.29) is 17.0 Å². The number of ether oxygens (including phenoxy) is 1. The second kappa shape index (κ2) is 5.86. The molecule has 0 heterocycles. The first-order valence-corrected chi connectivity index (χ1v) is 4.67. The SMILES string of the molecule is Br.COc1ccc(C[C@](C)(N)C(N)=O)cc1. The normalized spacial score (nSPS) is 13.4. The van der Waals surface area contributed by atoms with Crippen LogP contribution in [0.3, 0.4) is 0 Å². The fourth-order valence-electron chi connectivity index (χ4n) is 1.25. The third-order valence-corrected chi connectivity index (χ3v) is 2.29. The predicted molar refractivity (Wildman–Crippen MR) is 68.8 cm³/mol. The number of hydrogen-bond donors (Lipinski definition) is 2. The average Bonchev–Trinajstić information content (AvgIpc) is 2.18. The van der Waals surface area contributed by atoms with Gasteiger partial charge >= 0.3 is 0 Å². The molecule has 4 N–H and O–H groups in total.